The van der Waals surface area contributed by atoms with Gasteiger partial charge in [-0.15, -0.1) is 0 Å². The molecule has 1 N–H and O–H groups in total. The van der Waals surface area contributed by atoms with Gasteiger partial charge in [-0.25, -0.2) is 12.7 Å². The predicted molar refractivity (Wildman–Crippen MR) is 106 cm³/mol. The average molecular weight is 437 g/mol. The molecule has 1 heterocycles. The van der Waals surface area contributed by atoms with Crippen LogP contribution >= 0.6 is 15.9 Å². The number of carbonyl (C=O) groups excluding carboxylic acids is 1. The van der Waals surface area contributed by atoms with Crippen molar-refractivity contribution in [2.75, 3.05) is 18.4 Å². The zero-order valence-corrected chi connectivity index (χ0v) is 16.7. The van der Waals surface area contributed by atoms with E-state index >= 15 is 0 Å². The first-order chi connectivity index (χ1) is 12.4. The molecule has 0 radical (unpaired) electrons. The van der Waals surface area contributed by atoms with E-state index in [0.29, 0.717) is 25.9 Å². The first-order valence-electron chi connectivity index (χ1n) is 8.52. The third-order valence-corrected chi connectivity index (χ3v) is 6.90. The average Bonchev–Trinajstić information content (AvgIpc) is 2.64. The molecule has 0 bridgehead atoms. The molecule has 1 amide bonds. The maximum absolute atomic E-state index is 12.6. The number of anilines is 1. The minimum absolute atomic E-state index is 0.0127. The van der Waals surface area contributed by atoms with Gasteiger partial charge in [0.05, 0.1) is 5.75 Å². The number of hydrogen-bond donors (Lipinski definition) is 1. The van der Waals surface area contributed by atoms with Crippen molar-refractivity contribution in [1.82, 2.24) is 4.31 Å². The number of amides is 1. The summed E-state index contributed by atoms with van der Waals surface area (Å²) in [6, 6.07) is 16.6. The Bertz CT molecular complexity index is 846. The van der Waals surface area contributed by atoms with Crippen molar-refractivity contribution in [3.05, 3.63) is 64.6 Å². The van der Waals surface area contributed by atoms with Crippen molar-refractivity contribution in [1.29, 1.82) is 0 Å². The van der Waals surface area contributed by atoms with Crippen molar-refractivity contribution in [2.24, 2.45) is 5.92 Å². The number of nitrogens with zero attached hydrogens (tertiary/aromatic N) is 1. The van der Waals surface area contributed by atoms with E-state index in [0.717, 1.165) is 15.7 Å². The van der Waals surface area contributed by atoms with E-state index in [2.05, 4.69) is 21.2 Å². The van der Waals surface area contributed by atoms with Gasteiger partial charge in [-0.2, -0.15) is 0 Å². The van der Waals surface area contributed by atoms with Crippen LogP contribution in [0.4, 0.5) is 5.69 Å². The molecule has 1 aliphatic rings. The molecule has 26 heavy (non-hydrogen) atoms. The van der Waals surface area contributed by atoms with Gasteiger partial charge in [0.25, 0.3) is 0 Å². The molecule has 2 aromatic carbocycles. The molecule has 2 aromatic rings. The Kier molecular flexibility index (Phi) is 6.11. The standard InChI is InChI=1S/C19H21BrN2O3S/c20-17-8-6-15(7-9-17)14-26(24,25)22-12-10-16(11-13-22)19(23)21-18-4-2-1-3-5-18/h1-9,16H,10-14H2,(H,21,23). The number of halogens is 1. The second-order valence-corrected chi connectivity index (χ2v) is 9.30. The first-order valence-corrected chi connectivity index (χ1v) is 10.9. The van der Waals surface area contributed by atoms with Gasteiger partial charge in [0.1, 0.15) is 0 Å². The van der Waals surface area contributed by atoms with Gasteiger partial charge < -0.3 is 5.32 Å². The third kappa shape index (κ3) is 4.93. The van der Waals surface area contributed by atoms with E-state index in [1.54, 1.807) is 0 Å². The summed E-state index contributed by atoms with van der Waals surface area (Å²) in [5, 5.41) is 2.90. The van der Waals surface area contributed by atoms with Gasteiger partial charge >= 0.3 is 0 Å². The lowest BCUT2D eigenvalue weighted by Gasteiger charge is -2.30. The van der Waals surface area contributed by atoms with Crippen molar-refractivity contribution < 1.29 is 13.2 Å². The highest BCUT2D eigenvalue weighted by Crippen LogP contribution is 2.23. The zero-order chi connectivity index (χ0) is 18.6. The van der Waals surface area contributed by atoms with E-state index in [1.807, 2.05) is 54.6 Å². The molecule has 0 spiro atoms. The molecule has 1 saturated heterocycles. The lowest BCUT2D eigenvalue weighted by molar-refractivity contribution is -0.120. The molecule has 5 nitrogen and oxygen atoms in total. The zero-order valence-electron chi connectivity index (χ0n) is 14.3. The second kappa shape index (κ2) is 8.33. The van der Waals surface area contributed by atoms with Crippen LogP contribution in [0.3, 0.4) is 0 Å². The third-order valence-electron chi connectivity index (χ3n) is 4.52. The van der Waals surface area contributed by atoms with Gasteiger partial charge in [0, 0.05) is 29.2 Å². The second-order valence-electron chi connectivity index (χ2n) is 6.41. The van der Waals surface area contributed by atoms with Crippen molar-refractivity contribution in [2.45, 2.75) is 18.6 Å². The fraction of sp³-hybridized carbons (Fsp3) is 0.316. The largest absolute Gasteiger partial charge is 0.326 e. The Morgan fingerprint density at radius 3 is 2.27 bits per heavy atom. The van der Waals surface area contributed by atoms with Gasteiger partial charge in [0.2, 0.25) is 15.9 Å². The Hall–Kier alpha value is -1.70. The summed E-state index contributed by atoms with van der Waals surface area (Å²) >= 11 is 3.35. The molecule has 1 fully saturated rings. The van der Waals surface area contributed by atoms with E-state index in [-0.39, 0.29) is 17.6 Å². The minimum atomic E-state index is -3.37. The number of rotatable bonds is 5. The monoisotopic (exact) mass is 436 g/mol. The molecular formula is C19H21BrN2O3S. The molecular weight excluding hydrogens is 416 g/mol. The number of sulfonamides is 1. The summed E-state index contributed by atoms with van der Waals surface area (Å²) in [7, 11) is -3.37. The van der Waals surface area contributed by atoms with Crippen molar-refractivity contribution in [3.63, 3.8) is 0 Å². The Morgan fingerprint density at radius 2 is 1.65 bits per heavy atom. The molecule has 3 rings (SSSR count). The molecule has 138 valence electrons. The molecule has 0 unspecified atom stereocenters. The van der Waals surface area contributed by atoms with E-state index < -0.39 is 10.0 Å². The van der Waals surface area contributed by atoms with Gasteiger partial charge in [-0.3, -0.25) is 4.79 Å². The number of carbonyl (C=O) groups is 1. The Morgan fingerprint density at radius 1 is 1.04 bits per heavy atom. The summed E-state index contributed by atoms with van der Waals surface area (Å²) in [6.45, 7) is 0.761. The predicted octanol–water partition coefficient (Wildman–Crippen LogP) is 3.63. The van der Waals surface area contributed by atoms with Crippen LogP contribution in [0.5, 0.6) is 0 Å². The molecule has 1 aliphatic heterocycles. The number of para-hydroxylation sites is 1. The molecule has 0 atom stereocenters. The van der Waals surface area contributed by atoms with Crippen LogP contribution in [0, 0.1) is 5.92 Å². The lowest BCUT2D eigenvalue weighted by Crippen LogP contribution is -2.41. The lowest BCUT2D eigenvalue weighted by atomic mass is 9.97. The van der Waals surface area contributed by atoms with Crippen LogP contribution in [0.2, 0.25) is 0 Å². The molecule has 7 heteroatoms. The topological polar surface area (TPSA) is 66.5 Å². The van der Waals surface area contributed by atoms with E-state index in [1.165, 1.54) is 4.31 Å². The fourth-order valence-corrected chi connectivity index (χ4v) is 4.87. The van der Waals surface area contributed by atoms with Crippen LogP contribution in [-0.2, 0) is 20.6 Å². The fourth-order valence-electron chi connectivity index (χ4n) is 3.04. The summed E-state index contributed by atoms with van der Waals surface area (Å²) in [6.07, 6.45) is 1.08. The number of benzene rings is 2. The maximum Gasteiger partial charge on any atom is 0.227 e. The number of piperidine rings is 1. The van der Waals surface area contributed by atoms with Gasteiger partial charge in [0.15, 0.2) is 0 Å². The highest BCUT2D eigenvalue weighted by Gasteiger charge is 2.31. The van der Waals surface area contributed by atoms with Gasteiger partial charge in [-0.05, 0) is 42.7 Å². The summed E-state index contributed by atoms with van der Waals surface area (Å²) in [5.41, 5.74) is 1.53. The van der Waals surface area contributed by atoms with E-state index in [9.17, 15) is 13.2 Å². The van der Waals surface area contributed by atoms with Crippen molar-refractivity contribution >= 4 is 37.5 Å². The highest BCUT2D eigenvalue weighted by atomic mass is 79.9. The SMILES string of the molecule is O=C(Nc1ccccc1)C1CCN(S(=O)(=O)Cc2ccc(Br)cc2)CC1. The number of hydrogen-bond acceptors (Lipinski definition) is 3. The highest BCUT2D eigenvalue weighted by molar-refractivity contribution is 9.10. The smallest absolute Gasteiger partial charge is 0.227 e. The molecule has 0 aliphatic carbocycles. The number of nitrogens with one attached hydrogen (secondary N) is 1. The minimum Gasteiger partial charge on any atom is -0.326 e. The Labute approximate surface area is 162 Å². The summed E-state index contributed by atoms with van der Waals surface area (Å²) in [5.74, 6) is -0.211. The first kappa shape index (κ1) is 19.1. The maximum atomic E-state index is 12.6. The van der Waals surface area contributed by atoms with Crippen LogP contribution in [0.15, 0.2) is 59.1 Å². The van der Waals surface area contributed by atoms with Crippen LogP contribution in [0.25, 0.3) is 0 Å². The van der Waals surface area contributed by atoms with Crippen molar-refractivity contribution in [3.8, 4) is 0 Å². The van der Waals surface area contributed by atoms with Crippen LogP contribution in [-0.4, -0.2) is 31.7 Å². The van der Waals surface area contributed by atoms with Gasteiger partial charge in [-0.1, -0.05) is 46.3 Å². The van der Waals surface area contributed by atoms with Crippen LogP contribution in [0.1, 0.15) is 18.4 Å². The molecule has 0 saturated carbocycles. The van der Waals surface area contributed by atoms with E-state index in [4.69, 9.17) is 0 Å². The molecule has 0 aromatic heterocycles. The normalized spacial score (nSPS) is 16.3. The summed E-state index contributed by atoms with van der Waals surface area (Å²) in [4.78, 5) is 12.4. The quantitative estimate of drug-likeness (QED) is 0.777. The van der Waals surface area contributed by atoms with Crippen LogP contribution < -0.4 is 5.32 Å². The Balaban J connectivity index is 1.55. The summed E-state index contributed by atoms with van der Waals surface area (Å²) < 4.78 is 27.7.